The molecule has 0 aliphatic heterocycles. The molecule has 0 amide bonds. The van der Waals surface area contributed by atoms with Crippen molar-refractivity contribution in [3.63, 3.8) is 0 Å². The zero-order valence-electron chi connectivity index (χ0n) is 10.5. The number of nitrogens with zero attached hydrogens (tertiary/aromatic N) is 2. The van der Waals surface area contributed by atoms with E-state index < -0.39 is 0 Å². The van der Waals surface area contributed by atoms with Gasteiger partial charge in [0.05, 0.1) is 17.1 Å². The van der Waals surface area contributed by atoms with E-state index in [0.717, 1.165) is 16.3 Å². The molecule has 100 valence electrons. The predicted octanol–water partition coefficient (Wildman–Crippen LogP) is 2.62. The third kappa shape index (κ3) is 4.33. The average molecular weight is 279 g/mol. The van der Waals surface area contributed by atoms with Crippen molar-refractivity contribution < 1.29 is 9.23 Å². The molecule has 0 saturated heterocycles. The molecule has 2 aromatic rings. The minimum atomic E-state index is -0.273. The highest BCUT2D eigenvalue weighted by atomic mass is 32.1. The lowest BCUT2D eigenvalue weighted by Crippen LogP contribution is -2.15. The van der Waals surface area contributed by atoms with Crippen LogP contribution in [0.2, 0.25) is 0 Å². The van der Waals surface area contributed by atoms with Gasteiger partial charge in [-0.25, -0.2) is 9.37 Å². The Kier molecular flexibility index (Phi) is 4.46. The number of oxime groups is 1. The zero-order chi connectivity index (χ0) is 13.7. The predicted molar refractivity (Wildman–Crippen MR) is 73.4 cm³/mol. The van der Waals surface area contributed by atoms with Gasteiger partial charge in [0, 0.05) is 5.38 Å². The van der Waals surface area contributed by atoms with Crippen molar-refractivity contribution >= 4 is 17.2 Å². The van der Waals surface area contributed by atoms with Crippen LogP contribution < -0.4 is 5.73 Å². The largest absolute Gasteiger partial charge is 0.390 e. The van der Waals surface area contributed by atoms with Gasteiger partial charge < -0.3 is 10.6 Å². The van der Waals surface area contributed by atoms with Crippen LogP contribution in [0, 0.1) is 12.7 Å². The Balaban J connectivity index is 1.83. The number of amidine groups is 1. The molecule has 19 heavy (non-hydrogen) atoms. The number of halogens is 1. The first-order chi connectivity index (χ1) is 9.13. The first-order valence-corrected chi connectivity index (χ1v) is 6.61. The fourth-order valence-corrected chi connectivity index (χ4v) is 2.09. The van der Waals surface area contributed by atoms with E-state index in [4.69, 9.17) is 10.6 Å². The number of hydrogen-bond donors (Lipinski definition) is 1. The Labute approximate surface area is 114 Å². The second-order valence-electron chi connectivity index (χ2n) is 4.02. The van der Waals surface area contributed by atoms with Gasteiger partial charge in [0.15, 0.2) is 0 Å². The number of aryl methyl sites for hydroxylation is 1. The average Bonchev–Trinajstić information content (AvgIpc) is 2.77. The van der Waals surface area contributed by atoms with Crippen molar-refractivity contribution in [3.05, 3.63) is 51.7 Å². The lowest BCUT2D eigenvalue weighted by atomic mass is 10.2. The molecule has 2 N–H and O–H groups in total. The van der Waals surface area contributed by atoms with Gasteiger partial charge >= 0.3 is 0 Å². The highest BCUT2D eigenvalue weighted by Crippen LogP contribution is 2.08. The van der Waals surface area contributed by atoms with Crippen molar-refractivity contribution in [2.45, 2.75) is 20.0 Å². The van der Waals surface area contributed by atoms with Crippen LogP contribution in [-0.4, -0.2) is 10.8 Å². The highest BCUT2D eigenvalue weighted by molar-refractivity contribution is 7.09. The summed E-state index contributed by atoms with van der Waals surface area (Å²) >= 11 is 1.57. The standard InChI is InChI=1S/C13H14FN3OS/c1-9-16-12(8-19-9)6-13(15)17-18-7-10-2-4-11(14)5-3-10/h2-5,8H,6-7H2,1H3,(H2,15,17). The van der Waals surface area contributed by atoms with Gasteiger partial charge in [0.25, 0.3) is 0 Å². The van der Waals surface area contributed by atoms with Crippen LogP contribution in [0.25, 0.3) is 0 Å². The summed E-state index contributed by atoms with van der Waals surface area (Å²) in [6.07, 6.45) is 0.466. The van der Waals surface area contributed by atoms with Crippen LogP contribution in [0.4, 0.5) is 4.39 Å². The third-order valence-corrected chi connectivity index (χ3v) is 3.18. The van der Waals surface area contributed by atoms with Crippen molar-refractivity contribution in [3.8, 4) is 0 Å². The maximum Gasteiger partial charge on any atom is 0.145 e. The van der Waals surface area contributed by atoms with Crippen molar-refractivity contribution in [2.24, 2.45) is 10.9 Å². The van der Waals surface area contributed by atoms with E-state index in [9.17, 15) is 4.39 Å². The maximum atomic E-state index is 12.7. The van der Waals surface area contributed by atoms with Crippen LogP contribution in [0.3, 0.4) is 0 Å². The molecular weight excluding hydrogens is 265 g/mol. The number of aromatic nitrogens is 1. The summed E-state index contributed by atoms with van der Waals surface area (Å²) in [6, 6.07) is 6.04. The molecule has 0 aliphatic rings. The van der Waals surface area contributed by atoms with E-state index >= 15 is 0 Å². The summed E-state index contributed by atoms with van der Waals surface area (Å²) in [5.74, 6) is 0.0954. The van der Waals surface area contributed by atoms with E-state index in [2.05, 4.69) is 10.1 Å². The molecule has 0 atom stereocenters. The summed E-state index contributed by atoms with van der Waals surface area (Å²) < 4.78 is 12.7. The summed E-state index contributed by atoms with van der Waals surface area (Å²) in [4.78, 5) is 9.40. The van der Waals surface area contributed by atoms with Gasteiger partial charge in [-0.1, -0.05) is 17.3 Å². The molecule has 1 aromatic heterocycles. The normalized spacial score (nSPS) is 11.6. The van der Waals surface area contributed by atoms with E-state index in [1.807, 2.05) is 12.3 Å². The number of nitrogens with two attached hydrogens (primary N) is 1. The van der Waals surface area contributed by atoms with Crippen LogP contribution in [0.5, 0.6) is 0 Å². The molecule has 2 rings (SSSR count). The quantitative estimate of drug-likeness (QED) is 0.520. The summed E-state index contributed by atoms with van der Waals surface area (Å²) in [6.45, 7) is 2.20. The first kappa shape index (κ1) is 13.5. The Morgan fingerprint density at radius 1 is 1.42 bits per heavy atom. The summed E-state index contributed by atoms with van der Waals surface area (Å²) in [5.41, 5.74) is 7.45. The van der Waals surface area contributed by atoms with Gasteiger partial charge in [0.2, 0.25) is 0 Å². The number of rotatable bonds is 5. The van der Waals surface area contributed by atoms with E-state index in [0.29, 0.717) is 12.3 Å². The van der Waals surface area contributed by atoms with Crippen molar-refractivity contribution in [1.82, 2.24) is 4.98 Å². The fourth-order valence-electron chi connectivity index (χ4n) is 1.48. The Morgan fingerprint density at radius 3 is 2.79 bits per heavy atom. The van der Waals surface area contributed by atoms with Crippen LogP contribution in [0.1, 0.15) is 16.3 Å². The molecular formula is C13H14FN3OS. The molecule has 0 unspecified atom stereocenters. The number of hydrogen-bond acceptors (Lipinski definition) is 4. The fraction of sp³-hybridized carbons (Fsp3) is 0.231. The Bertz CT molecular complexity index is 566. The molecule has 1 heterocycles. The van der Waals surface area contributed by atoms with Crippen LogP contribution in [-0.2, 0) is 17.9 Å². The van der Waals surface area contributed by atoms with Gasteiger partial charge in [-0.15, -0.1) is 11.3 Å². The molecule has 4 nitrogen and oxygen atoms in total. The lowest BCUT2D eigenvalue weighted by molar-refractivity contribution is 0.129. The first-order valence-electron chi connectivity index (χ1n) is 5.73. The molecule has 1 aromatic carbocycles. The number of thiazole rings is 1. The van der Waals surface area contributed by atoms with E-state index in [1.165, 1.54) is 12.1 Å². The SMILES string of the molecule is Cc1nc(C/C(N)=N/OCc2ccc(F)cc2)cs1. The summed E-state index contributed by atoms with van der Waals surface area (Å²) in [5, 5.41) is 6.75. The molecule has 0 saturated carbocycles. The minimum Gasteiger partial charge on any atom is -0.390 e. The minimum absolute atomic E-state index is 0.261. The zero-order valence-corrected chi connectivity index (χ0v) is 11.3. The van der Waals surface area contributed by atoms with Crippen LogP contribution >= 0.6 is 11.3 Å². The van der Waals surface area contributed by atoms with Gasteiger partial charge in [0.1, 0.15) is 18.3 Å². The van der Waals surface area contributed by atoms with Crippen molar-refractivity contribution in [1.29, 1.82) is 0 Å². The molecule has 0 aliphatic carbocycles. The third-order valence-electron chi connectivity index (χ3n) is 2.36. The maximum absolute atomic E-state index is 12.7. The van der Waals surface area contributed by atoms with E-state index in [1.54, 1.807) is 23.5 Å². The second-order valence-corrected chi connectivity index (χ2v) is 5.08. The Morgan fingerprint density at radius 2 is 2.16 bits per heavy atom. The van der Waals surface area contributed by atoms with Crippen LogP contribution in [0.15, 0.2) is 34.8 Å². The highest BCUT2D eigenvalue weighted by Gasteiger charge is 2.02. The monoisotopic (exact) mass is 279 g/mol. The molecule has 0 radical (unpaired) electrons. The molecule has 6 heteroatoms. The summed E-state index contributed by atoms with van der Waals surface area (Å²) in [7, 11) is 0. The number of benzene rings is 1. The molecule has 0 fully saturated rings. The second kappa shape index (κ2) is 6.29. The van der Waals surface area contributed by atoms with Gasteiger partial charge in [-0.3, -0.25) is 0 Å². The van der Waals surface area contributed by atoms with Crippen molar-refractivity contribution in [2.75, 3.05) is 0 Å². The van der Waals surface area contributed by atoms with Gasteiger partial charge in [-0.05, 0) is 24.6 Å². The topological polar surface area (TPSA) is 60.5 Å². The lowest BCUT2D eigenvalue weighted by Gasteiger charge is -2.01. The smallest absolute Gasteiger partial charge is 0.145 e. The Hall–Kier alpha value is -1.95. The molecule has 0 spiro atoms. The van der Waals surface area contributed by atoms with E-state index in [-0.39, 0.29) is 12.4 Å². The van der Waals surface area contributed by atoms with Gasteiger partial charge in [-0.2, -0.15) is 0 Å². The molecule has 0 bridgehead atoms.